The Morgan fingerprint density at radius 1 is 1.28 bits per heavy atom. The van der Waals surface area contributed by atoms with E-state index in [1.165, 1.54) is 30.6 Å². The summed E-state index contributed by atoms with van der Waals surface area (Å²) >= 11 is 11.5. The van der Waals surface area contributed by atoms with Crippen molar-refractivity contribution in [3.05, 3.63) is 58.1 Å². The number of carbonyl (C=O) groups excluding carboxylic acids is 1. The SMILES string of the molecule is O=C(Nc1cc(F)cc(Cl)c1)c1ccncc1Cl. The fourth-order valence-corrected chi connectivity index (χ4v) is 1.81. The lowest BCUT2D eigenvalue weighted by Crippen LogP contribution is -2.12. The zero-order chi connectivity index (χ0) is 13.1. The summed E-state index contributed by atoms with van der Waals surface area (Å²) in [7, 11) is 0. The normalized spacial score (nSPS) is 10.2. The van der Waals surface area contributed by atoms with E-state index < -0.39 is 11.7 Å². The third-order valence-corrected chi connectivity index (χ3v) is 2.66. The first-order valence-electron chi connectivity index (χ1n) is 4.93. The summed E-state index contributed by atoms with van der Waals surface area (Å²) in [5.74, 6) is -0.984. The maximum absolute atomic E-state index is 13.1. The first-order valence-corrected chi connectivity index (χ1v) is 5.69. The van der Waals surface area contributed by atoms with Crippen LogP contribution in [0.15, 0.2) is 36.7 Å². The average molecular weight is 285 g/mol. The van der Waals surface area contributed by atoms with Gasteiger partial charge in [-0.25, -0.2) is 4.39 Å². The Bertz CT molecular complexity index is 584. The number of aromatic nitrogens is 1. The molecule has 92 valence electrons. The average Bonchev–Trinajstić information content (AvgIpc) is 2.27. The van der Waals surface area contributed by atoms with Crippen LogP contribution in [0.25, 0.3) is 0 Å². The van der Waals surface area contributed by atoms with Crippen molar-refractivity contribution in [2.45, 2.75) is 0 Å². The van der Waals surface area contributed by atoms with Gasteiger partial charge in [-0.3, -0.25) is 9.78 Å². The minimum Gasteiger partial charge on any atom is -0.322 e. The molecule has 18 heavy (non-hydrogen) atoms. The molecule has 0 atom stereocenters. The molecule has 0 bridgehead atoms. The molecule has 6 heteroatoms. The number of rotatable bonds is 2. The molecule has 0 aliphatic carbocycles. The van der Waals surface area contributed by atoms with Crippen LogP contribution in [0.3, 0.4) is 0 Å². The van der Waals surface area contributed by atoms with Gasteiger partial charge in [-0.05, 0) is 24.3 Å². The predicted octanol–water partition coefficient (Wildman–Crippen LogP) is 3.78. The summed E-state index contributed by atoms with van der Waals surface area (Å²) in [6.07, 6.45) is 2.80. The number of hydrogen-bond acceptors (Lipinski definition) is 2. The Labute approximate surface area is 113 Å². The van der Waals surface area contributed by atoms with Crippen LogP contribution in [-0.2, 0) is 0 Å². The topological polar surface area (TPSA) is 42.0 Å². The van der Waals surface area contributed by atoms with Crippen LogP contribution in [0.1, 0.15) is 10.4 Å². The molecule has 3 nitrogen and oxygen atoms in total. The molecule has 1 N–H and O–H groups in total. The molecular formula is C12H7Cl2FN2O. The van der Waals surface area contributed by atoms with Crippen LogP contribution in [0.4, 0.5) is 10.1 Å². The highest BCUT2D eigenvalue weighted by molar-refractivity contribution is 6.34. The first-order chi connectivity index (χ1) is 8.56. The highest BCUT2D eigenvalue weighted by Crippen LogP contribution is 2.20. The van der Waals surface area contributed by atoms with E-state index in [1.807, 2.05) is 0 Å². The molecule has 0 unspecified atom stereocenters. The minimum absolute atomic E-state index is 0.200. The number of amides is 1. The molecule has 1 aromatic carbocycles. The molecule has 1 amide bonds. The van der Waals surface area contributed by atoms with Gasteiger partial charge in [0.15, 0.2) is 0 Å². The Morgan fingerprint density at radius 3 is 2.72 bits per heavy atom. The van der Waals surface area contributed by atoms with Crippen molar-refractivity contribution < 1.29 is 9.18 Å². The molecule has 2 rings (SSSR count). The highest BCUT2D eigenvalue weighted by Gasteiger charge is 2.11. The lowest BCUT2D eigenvalue weighted by molar-refractivity contribution is 0.102. The number of nitrogens with one attached hydrogen (secondary N) is 1. The smallest absolute Gasteiger partial charge is 0.257 e. The molecule has 0 fully saturated rings. The molecule has 2 aromatic rings. The van der Waals surface area contributed by atoms with E-state index in [-0.39, 0.29) is 21.3 Å². The van der Waals surface area contributed by atoms with E-state index in [4.69, 9.17) is 23.2 Å². The summed E-state index contributed by atoms with van der Waals surface area (Å²) < 4.78 is 13.1. The van der Waals surface area contributed by atoms with Gasteiger partial charge < -0.3 is 5.32 Å². The molecule has 1 heterocycles. The van der Waals surface area contributed by atoms with Gasteiger partial charge in [0, 0.05) is 23.1 Å². The molecule has 0 saturated heterocycles. The molecule has 0 aliphatic rings. The van der Waals surface area contributed by atoms with Crippen molar-refractivity contribution in [3.8, 4) is 0 Å². The van der Waals surface area contributed by atoms with E-state index in [9.17, 15) is 9.18 Å². The number of anilines is 1. The Hall–Kier alpha value is -1.65. The Balaban J connectivity index is 2.24. The fourth-order valence-electron chi connectivity index (χ4n) is 1.38. The van der Waals surface area contributed by atoms with Crippen molar-refractivity contribution >= 4 is 34.8 Å². The zero-order valence-electron chi connectivity index (χ0n) is 8.95. The maximum atomic E-state index is 13.1. The Morgan fingerprint density at radius 2 is 2.06 bits per heavy atom. The maximum Gasteiger partial charge on any atom is 0.257 e. The van der Waals surface area contributed by atoms with Crippen LogP contribution in [0, 0.1) is 5.82 Å². The van der Waals surface area contributed by atoms with Crippen molar-refractivity contribution in [2.24, 2.45) is 0 Å². The number of benzene rings is 1. The van der Waals surface area contributed by atoms with Crippen LogP contribution in [-0.4, -0.2) is 10.9 Å². The molecule has 0 spiro atoms. The van der Waals surface area contributed by atoms with Crippen LogP contribution in [0.5, 0.6) is 0 Å². The molecular weight excluding hydrogens is 278 g/mol. The lowest BCUT2D eigenvalue weighted by atomic mass is 10.2. The summed E-state index contributed by atoms with van der Waals surface area (Å²) in [6, 6.07) is 5.23. The van der Waals surface area contributed by atoms with Crippen molar-refractivity contribution in [3.63, 3.8) is 0 Å². The largest absolute Gasteiger partial charge is 0.322 e. The molecule has 0 aliphatic heterocycles. The van der Waals surface area contributed by atoms with Crippen LogP contribution < -0.4 is 5.32 Å². The summed E-state index contributed by atoms with van der Waals surface area (Å²) in [6.45, 7) is 0. The van der Waals surface area contributed by atoms with Gasteiger partial charge in [0.05, 0.1) is 10.6 Å². The van der Waals surface area contributed by atoms with Gasteiger partial charge in [0.25, 0.3) is 5.91 Å². The number of pyridine rings is 1. The Kier molecular flexibility index (Phi) is 3.79. The van der Waals surface area contributed by atoms with Gasteiger partial charge in [-0.2, -0.15) is 0 Å². The van der Waals surface area contributed by atoms with Crippen molar-refractivity contribution in [1.29, 1.82) is 0 Å². The van der Waals surface area contributed by atoms with E-state index in [0.29, 0.717) is 0 Å². The summed E-state index contributed by atoms with van der Waals surface area (Å²) in [4.78, 5) is 15.6. The highest BCUT2D eigenvalue weighted by atomic mass is 35.5. The second-order valence-electron chi connectivity index (χ2n) is 3.47. The standard InChI is InChI=1S/C12H7Cl2FN2O/c13-7-3-8(15)5-9(4-7)17-12(18)10-1-2-16-6-11(10)14/h1-6H,(H,17,18). The second kappa shape index (κ2) is 5.33. The molecule has 0 radical (unpaired) electrons. The number of hydrogen-bond donors (Lipinski definition) is 1. The monoisotopic (exact) mass is 284 g/mol. The van der Waals surface area contributed by atoms with Crippen molar-refractivity contribution in [1.82, 2.24) is 4.98 Å². The van der Waals surface area contributed by atoms with Crippen LogP contribution in [0.2, 0.25) is 10.0 Å². The minimum atomic E-state index is -0.529. The van der Waals surface area contributed by atoms with Gasteiger partial charge in [0.1, 0.15) is 5.82 Å². The van der Waals surface area contributed by atoms with Gasteiger partial charge >= 0.3 is 0 Å². The predicted molar refractivity (Wildman–Crippen MR) is 68.6 cm³/mol. The first kappa shape index (κ1) is 12.8. The third kappa shape index (κ3) is 2.97. The second-order valence-corrected chi connectivity index (χ2v) is 4.31. The van der Waals surface area contributed by atoms with Crippen LogP contribution >= 0.6 is 23.2 Å². The zero-order valence-corrected chi connectivity index (χ0v) is 10.5. The van der Waals surface area contributed by atoms with Crippen molar-refractivity contribution in [2.75, 3.05) is 5.32 Å². The van der Waals surface area contributed by atoms with E-state index in [0.717, 1.165) is 6.07 Å². The fraction of sp³-hybridized carbons (Fsp3) is 0. The third-order valence-electron chi connectivity index (χ3n) is 2.14. The van der Waals surface area contributed by atoms with E-state index in [1.54, 1.807) is 0 Å². The van der Waals surface area contributed by atoms with E-state index >= 15 is 0 Å². The molecule has 1 aromatic heterocycles. The lowest BCUT2D eigenvalue weighted by Gasteiger charge is -2.06. The van der Waals surface area contributed by atoms with E-state index in [2.05, 4.69) is 10.3 Å². The quantitative estimate of drug-likeness (QED) is 0.912. The van der Waals surface area contributed by atoms with Gasteiger partial charge in [0.2, 0.25) is 0 Å². The summed E-state index contributed by atoms with van der Waals surface area (Å²) in [5.41, 5.74) is 0.518. The number of halogens is 3. The van der Waals surface area contributed by atoms with Gasteiger partial charge in [-0.15, -0.1) is 0 Å². The summed E-state index contributed by atoms with van der Waals surface area (Å²) in [5, 5.41) is 2.93. The number of nitrogens with zero attached hydrogens (tertiary/aromatic N) is 1. The van der Waals surface area contributed by atoms with Gasteiger partial charge in [-0.1, -0.05) is 23.2 Å². The number of carbonyl (C=O) groups is 1. The molecule has 0 saturated carbocycles.